The molecule has 2 nitrogen and oxygen atoms in total. The van der Waals surface area contributed by atoms with Crippen LogP contribution in [0.15, 0.2) is 0 Å². The van der Waals surface area contributed by atoms with Crippen LogP contribution in [0.2, 0.25) is 0 Å². The third kappa shape index (κ3) is 1.28. The fourth-order valence-electron chi connectivity index (χ4n) is 2.76. The van der Waals surface area contributed by atoms with Crippen LogP contribution in [0.1, 0.15) is 26.2 Å². The van der Waals surface area contributed by atoms with Gasteiger partial charge in [0.05, 0.1) is 13.2 Å². The van der Waals surface area contributed by atoms with E-state index in [1.165, 1.54) is 6.42 Å². The maximum absolute atomic E-state index is 11.3. The van der Waals surface area contributed by atoms with E-state index >= 15 is 0 Å². The monoisotopic (exact) mass is 168 g/mol. The zero-order valence-corrected chi connectivity index (χ0v) is 7.58. The van der Waals surface area contributed by atoms with Gasteiger partial charge in [0.2, 0.25) is 0 Å². The highest BCUT2D eigenvalue weighted by Gasteiger charge is 2.38. The van der Waals surface area contributed by atoms with Gasteiger partial charge in [0.15, 0.2) is 0 Å². The Morgan fingerprint density at radius 2 is 1.92 bits per heavy atom. The van der Waals surface area contributed by atoms with Gasteiger partial charge in [-0.1, -0.05) is 13.3 Å². The minimum absolute atomic E-state index is 0.456. The Labute approximate surface area is 73.3 Å². The summed E-state index contributed by atoms with van der Waals surface area (Å²) < 4.78 is 5.46. The van der Waals surface area contributed by atoms with Gasteiger partial charge in [0.25, 0.3) is 0 Å². The molecule has 0 spiro atoms. The molecule has 0 aromatic heterocycles. The van der Waals surface area contributed by atoms with Gasteiger partial charge < -0.3 is 4.74 Å². The second-order valence-corrected chi connectivity index (χ2v) is 4.08. The first-order valence-corrected chi connectivity index (χ1v) is 4.90. The van der Waals surface area contributed by atoms with Crippen LogP contribution in [0.5, 0.6) is 0 Å². The van der Waals surface area contributed by atoms with E-state index in [2.05, 4.69) is 6.92 Å². The molecular formula is C10H16O2. The van der Waals surface area contributed by atoms with Gasteiger partial charge in [0, 0.05) is 12.8 Å². The second kappa shape index (κ2) is 3.17. The highest BCUT2D eigenvalue weighted by Crippen LogP contribution is 2.38. The molecule has 1 saturated carbocycles. The van der Waals surface area contributed by atoms with Crippen molar-refractivity contribution in [3.05, 3.63) is 0 Å². The predicted molar refractivity (Wildman–Crippen MR) is 45.8 cm³/mol. The first-order valence-electron chi connectivity index (χ1n) is 4.90. The molecule has 1 heterocycles. The molecule has 1 aliphatic heterocycles. The summed E-state index contributed by atoms with van der Waals surface area (Å²) in [5.41, 5.74) is 0. The number of hydrogen-bond donors (Lipinski definition) is 0. The van der Waals surface area contributed by atoms with Gasteiger partial charge in [-0.05, 0) is 17.8 Å². The summed E-state index contributed by atoms with van der Waals surface area (Å²) in [6, 6.07) is 0. The average molecular weight is 168 g/mol. The minimum atomic E-state index is 0.456. The number of ether oxygens (including phenoxy) is 1. The lowest BCUT2D eigenvalue weighted by molar-refractivity contribution is -0.134. The Kier molecular flexibility index (Phi) is 2.18. The Morgan fingerprint density at radius 1 is 1.33 bits per heavy atom. The summed E-state index contributed by atoms with van der Waals surface area (Å²) in [5, 5.41) is 0. The zero-order valence-electron chi connectivity index (χ0n) is 7.58. The molecule has 0 amide bonds. The number of rotatable bonds is 1. The van der Waals surface area contributed by atoms with E-state index in [0.717, 1.165) is 32.0 Å². The summed E-state index contributed by atoms with van der Waals surface area (Å²) in [6.45, 7) is 3.87. The fourth-order valence-corrected chi connectivity index (χ4v) is 2.76. The average Bonchev–Trinajstić information content (AvgIpc) is 2.02. The molecule has 2 fully saturated rings. The second-order valence-electron chi connectivity index (χ2n) is 4.08. The molecule has 2 atom stereocenters. The lowest BCUT2D eigenvalue weighted by Crippen LogP contribution is -2.41. The molecule has 0 N–H and O–H groups in total. The normalized spacial score (nSPS) is 41.4. The van der Waals surface area contributed by atoms with Crippen molar-refractivity contribution >= 4 is 5.78 Å². The Balaban J connectivity index is 2.11. The highest BCUT2D eigenvalue weighted by molar-refractivity contribution is 5.79. The molecule has 2 bridgehead atoms. The SMILES string of the molecule is CCC1C2COCC1CC(=O)C2. The molecule has 2 heteroatoms. The van der Waals surface area contributed by atoms with Crippen LogP contribution in [0.25, 0.3) is 0 Å². The number of Topliss-reactive ketones (excluding diaryl/α,β-unsaturated/α-hetero) is 1. The smallest absolute Gasteiger partial charge is 0.133 e. The predicted octanol–water partition coefficient (Wildman–Crippen LogP) is 1.64. The third-order valence-electron chi connectivity index (χ3n) is 3.33. The molecular weight excluding hydrogens is 152 g/mol. The van der Waals surface area contributed by atoms with Gasteiger partial charge >= 0.3 is 0 Å². The number of hydrogen-bond acceptors (Lipinski definition) is 2. The zero-order chi connectivity index (χ0) is 8.55. The molecule has 1 saturated heterocycles. The van der Waals surface area contributed by atoms with Gasteiger partial charge in [-0.15, -0.1) is 0 Å². The number of fused-ring (bicyclic) bond motifs is 2. The van der Waals surface area contributed by atoms with Crippen LogP contribution in [0.3, 0.4) is 0 Å². The molecule has 0 radical (unpaired) electrons. The first-order chi connectivity index (χ1) is 5.81. The Hall–Kier alpha value is -0.370. The van der Waals surface area contributed by atoms with Crippen molar-refractivity contribution in [1.82, 2.24) is 0 Å². The van der Waals surface area contributed by atoms with Gasteiger partial charge in [-0.2, -0.15) is 0 Å². The fraction of sp³-hybridized carbons (Fsp3) is 0.900. The van der Waals surface area contributed by atoms with Crippen molar-refractivity contribution in [1.29, 1.82) is 0 Å². The highest BCUT2D eigenvalue weighted by atomic mass is 16.5. The van der Waals surface area contributed by atoms with E-state index in [1.54, 1.807) is 0 Å². The van der Waals surface area contributed by atoms with E-state index in [1.807, 2.05) is 0 Å². The molecule has 2 unspecified atom stereocenters. The van der Waals surface area contributed by atoms with Crippen LogP contribution in [-0.4, -0.2) is 19.0 Å². The third-order valence-corrected chi connectivity index (χ3v) is 3.33. The van der Waals surface area contributed by atoms with Gasteiger partial charge in [0.1, 0.15) is 5.78 Å². The van der Waals surface area contributed by atoms with E-state index in [4.69, 9.17) is 4.74 Å². The molecule has 0 aromatic carbocycles. The lowest BCUT2D eigenvalue weighted by atomic mass is 9.69. The Morgan fingerprint density at radius 3 is 2.42 bits per heavy atom. The van der Waals surface area contributed by atoms with Crippen LogP contribution >= 0.6 is 0 Å². The lowest BCUT2D eigenvalue weighted by Gasteiger charge is -2.41. The van der Waals surface area contributed by atoms with Crippen LogP contribution < -0.4 is 0 Å². The molecule has 68 valence electrons. The van der Waals surface area contributed by atoms with E-state index in [0.29, 0.717) is 17.6 Å². The largest absolute Gasteiger partial charge is 0.381 e. The first kappa shape index (κ1) is 8.24. The summed E-state index contributed by atoms with van der Waals surface area (Å²) in [6.07, 6.45) is 2.76. The van der Waals surface area contributed by atoms with Crippen molar-refractivity contribution < 1.29 is 9.53 Å². The van der Waals surface area contributed by atoms with Crippen LogP contribution in [0.4, 0.5) is 0 Å². The van der Waals surface area contributed by atoms with E-state index in [9.17, 15) is 4.79 Å². The van der Waals surface area contributed by atoms with Gasteiger partial charge in [-0.25, -0.2) is 0 Å². The van der Waals surface area contributed by atoms with E-state index < -0.39 is 0 Å². The summed E-state index contributed by atoms with van der Waals surface area (Å²) in [7, 11) is 0. The molecule has 2 aliphatic rings. The van der Waals surface area contributed by atoms with Crippen molar-refractivity contribution in [3.63, 3.8) is 0 Å². The summed E-state index contributed by atoms with van der Waals surface area (Å²) >= 11 is 0. The number of ketones is 1. The molecule has 12 heavy (non-hydrogen) atoms. The van der Waals surface area contributed by atoms with Gasteiger partial charge in [-0.3, -0.25) is 4.79 Å². The van der Waals surface area contributed by atoms with Crippen molar-refractivity contribution in [2.45, 2.75) is 26.2 Å². The maximum Gasteiger partial charge on any atom is 0.133 e. The number of carbonyl (C=O) groups is 1. The maximum atomic E-state index is 11.3. The molecule has 2 rings (SSSR count). The Bertz CT molecular complexity index is 172. The van der Waals surface area contributed by atoms with E-state index in [-0.39, 0.29) is 0 Å². The van der Waals surface area contributed by atoms with Crippen molar-refractivity contribution in [2.75, 3.05) is 13.2 Å². The van der Waals surface area contributed by atoms with Crippen molar-refractivity contribution in [2.24, 2.45) is 17.8 Å². The molecule has 0 aromatic rings. The summed E-state index contributed by atoms with van der Waals surface area (Å²) in [4.78, 5) is 11.3. The van der Waals surface area contributed by atoms with Crippen LogP contribution in [-0.2, 0) is 9.53 Å². The summed E-state index contributed by atoms with van der Waals surface area (Å²) in [5.74, 6) is 2.29. The number of carbonyl (C=O) groups excluding carboxylic acids is 1. The standard InChI is InChI=1S/C10H16O2/c1-2-10-7-3-9(11)4-8(10)6-12-5-7/h7-8,10H,2-6H2,1H3. The van der Waals surface area contributed by atoms with Crippen molar-refractivity contribution in [3.8, 4) is 0 Å². The quantitative estimate of drug-likeness (QED) is 0.595. The van der Waals surface area contributed by atoms with Crippen LogP contribution in [0, 0.1) is 17.8 Å². The molecule has 1 aliphatic carbocycles. The topological polar surface area (TPSA) is 26.3 Å². The minimum Gasteiger partial charge on any atom is -0.381 e.